The second-order valence-electron chi connectivity index (χ2n) is 2.47. The van der Waals surface area contributed by atoms with Gasteiger partial charge in [0.15, 0.2) is 5.75 Å². The highest BCUT2D eigenvalue weighted by Gasteiger charge is 2.27. The van der Waals surface area contributed by atoms with E-state index < -0.39 is 34.4 Å². The number of methoxy groups -OCH3 is 1. The molecule has 1 aromatic heterocycles. The standard InChI is InChI=1S/C7H6F2N2O4/c1-15-3-2-4(11(13)14)10-5(6(3)12)7(8)9/h2,7,12H,1H3. The van der Waals surface area contributed by atoms with E-state index in [1.54, 1.807) is 0 Å². The summed E-state index contributed by atoms with van der Waals surface area (Å²) in [6.07, 6.45) is -3.11. The molecule has 0 saturated carbocycles. The zero-order chi connectivity index (χ0) is 11.6. The second-order valence-corrected chi connectivity index (χ2v) is 2.47. The summed E-state index contributed by atoms with van der Waals surface area (Å²) >= 11 is 0. The lowest BCUT2D eigenvalue weighted by Gasteiger charge is -2.04. The minimum absolute atomic E-state index is 0.410. The predicted octanol–water partition coefficient (Wildman–Crippen LogP) is 1.64. The van der Waals surface area contributed by atoms with E-state index in [0.717, 1.165) is 13.2 Å². The maximum atomic E-state index is 12.3. The van der Waals surface area contributed by atoms with Crippen LogP contribution in [0.1, 0.15) is 12.1 Å². The Morgan fingerprint density at radius 2 is 2.27 bits per heavy atom. The van der Waals surface area contributed by atoms with Crippen molar-refractivity contribution < 1.29 is 23.5 Å². The van der Waals surface area contributed by atoms with Gasteiger partial charge < -0.3 is 20.0 Å². The lowest BCUT2D eigenvalue weighted by atomic mass is 10.3. The van der Waals surface area contributed by atoms with E-state index in [1.807, 2.05) is 0 Å². The fourth-order valence-corrected chi connectivity index (χ4v) is 0.922. The van der Waals surface area contributed by atoms with E-state index in [2.05, 4.69) is 9.72 Å². The molecule has 1 rings (SSSR count). The summed E-state index contributed by atoms with van der Waals surface area (Å²) in [5, 5.41) is 19.5. The van der Waals surface area contributed by atoms with E-state index in [0.29, 0.717) is 0 Å². The van der Waals surface area contributed by atoms with Gasteiger partial charge in [0.1, 0.15) is 0 Å². The van der Waals surface area contributed by atoms with Gasteiger partial charge in [0.25, 0.3) is 5.69 Å². The number of alkyl halides is 2. The summed E-state index contributed by atoms with van der Waals surface area (Å²) in [5.74, 6) is -2.11. The van der Waals surface area contributed by atoms with Crippen molar-refractivity contribution in [2.24, 2.45) is 0 Å². The van der Waals surface area contributed by atoms with E-state index in [4.69, 9.17) is 0 Å². The average Bonchev–Trinajstić information content (AvgIpc) is 2.17. The van der Waals surface area contributed by atoms with Crippen molar-refractivity contribution in [1.29, 1.82) is 0 Å². The Labute approximate surface area is 82.3 Å². The molecule has 0 saturated heterocycles. The Balaban J connectivity index is 3.38. The van der Waals surface area contributed by atoms with E-state index in [-0.39, 0.29) is 0 Å². The van der Waals surface area contributed by atoms with Crippen LogP contribution in [0.2, 0.25) is 0 Å². The fraction of sp³-hybridized carbons (Fsp3) is 0.286. The van der Waals surface area contributed by atoms with E-state index in [9.17, 15) is 24.0 Å². The Hall–Kier alpha value is -1.99. The number of hydrogen-bond acceptors (Lipinski definition) is 5. The minimum Gasteiger partial charge on any atom is -0.501 e. The molecule has 0 aliphatic carbocycles. The van der Waals surface area contributed by atoms with Crippen LogP contribution in [0.4, 0.5) is 14.6 Å². The number of halogens is 2. The summed E-state index contributed by atoms with van der Waals surface area (Å²) in [5.41, 5.74) is -1.07. The lowest BCUT2D eigenvalue weighted by molar-refractivity contribution is -0.389. The Kier molecular flexibility index (Phi) is 2.98. The SMILES string of the molecule is COc1cc([N+](=O)[O-])nc(C(F)F)c1O. The molecule has 8 heteroatoms. The molecule has 0 aliphatic rings. The van der Waals surface area contributed by atoms with Crippen LogP contribution in [0.3, 0.4) is 0 Å². The molecule has 0 amide bonds. The maximum absolute atomic E-state index is 12.3. The van der Waals surface area contributed by atoms with Gasteiger partial charge in [-0.3, -0.25) is 0 Å². The van der Waals surface area contributed by atoms with Crippen molar-refractivity contribution in [1.82, 2.24) is 4.98 Å². The molecular formula is C7H6F2N2O4. The average molecular weight is 220 g/mol. The first-order chi connectivity index (χ1) is 6.97. The van der Waals surface area contributed by atoms with E-state index in [1.165, 1.54) is 0 Å². The van der Waals surface area contributed by atoms with Crippen LogP contribution in [0, 0.1) is 10.1 Å². The van der Waals surface area contributed by atoms with Crippen molar-refractivity contribution in [3.05, 3.63) is 21.9 Å². The molecule has 1 heterocycles. The van der Waals surface area contributed by atoms with Gasteiger partial charge in [-0.2, -0.15) is 0 Å². The lowest BCUT2D eigenvalue weighted by Crippen LogP contribution is -1.99. The summed E-state index contributed by atoms with van der Waals surface area (Å²) in [6, 6.07) is 0.765. The summed E-state index contributed by atoms with van der Waals surface area (Å²) < 4.78 is 29.1. The van der Waals surface area contributed by atoms with E-state index >= 15 is 0 Å². The first-order valence-electron chi connectivity index (χ1n) is 3.67. The van der Waals surface area contributed by atoms with Crippen LogP contribution < -0.4 is 4.74 Å². The molecule has 1 N–H and O–H groups in total. The number of nitrogens with zero attached hydrogens (tertiary/aromatic N) is 2. The number of aromatic hydroxyl groups is 1. The van der Waals surface area contributed by atoms with Crippen LogP contribution in [-0.2, 0) is 0 Å². The highest BCUT2D eigenvalue weighted by atomic mass is 19.3. The highest BCUT2D eigenvalue weighted by Crippen LogP contribution is 2.36. The van der Waals surface area contributed by atoms with Gasteiger partial charge in [0.2, 0.25) is 5.75 Å². The van der Waals surface area contributed by atoms with Gasteiger partial charge >= 0.3 is 12.2 Å². The minimum atomic E-state index is -3.11. The molecule has 82 valence electrons. The first-order valence-corrected chi connectivity index (χ1v) is 3.67. The largest absolute Gasteiger partial charge is 0.501 e. The molecular weight excluding hydrogens is 214 g/mol. The number of rotatable bonds is 3. The van der Waals surface area contributed by atoms with Crippen LogP contribution >= 0.6 is 0 Å². The third-order valence-electron chi connectivity index (χ3n) is 1.58. The van der Waals surface area contributed by atoms with Crippen molar-refractivity contribution >= 4 is 5.82 Å². The van der Waals surface area contributed by atoms with Crippen molar-refractivity contribution in [3.63, 3.8) is 0 Å². The summed E-state index contributed by atoms with van der Waals surface area (Å²) in [6.45, 7) is 0. The third kappa shape index (κ3) is 2.09. The molecule has 6 nitrogen and oxygen atoms in total. The monoisotopic (exact) mass is 220 g/mol. The molecule has 1 aromatic rings. The van der Waals surface area contributed by atoms with Gasteiger partial charge in [-0.1, -0.05) is 0 Å². The molecule has 0 spiro atoms. The molecule has 0 atom stereocenters. The Morgan fingerprint density at radius 3 is 2.67 bits per heavy atom. The molecule has 0 aromatic carbocycles. The number of ether oxygens (including phenoxy) is 1. The predicted molar refractivity (Wildman–Crippen MR) is 44.1 cm³/mol. The zero-order valence-corrected chi connectivity index (χ0v) is 7.48. The summed E-state index contributed by atoms with van der Waals surface area (Å²) in [7, 11) is 1.09. The fourth-order valence-electron chi connectivity index (χ4n) is 0.922. The molecule has 0 fully saturated rings. The number of nitro groups is 1. The first kappa shape index (κ1) is 11.1. The van der Waals surface area contributed by atoms with Crippen LogP contribution in [-0.4, -0.2) is 22.1 Å². The number of hydrogen-bond donors (Lipinski definition) is 1. The molecule has 0 unspecified atom stereocenters. The number of pyridine rings is 1. The quantitative estimate of drug-likeness (QED) is 0.618. The maximum Gasteiger partial charge on any atom is 0.367 e. The van der Waals surface area contributed by atoms with Crippen molar-refractivity contribution in [2.45, 2.75) is 6.43 Å². The third-order valence-corrected chi connectivity index (χ3v) is 1.58. The van der Waals surface area contributed by atoms with Crippen LogP contribution in [0.5, 0.6) is 11.5 Å². The van der Waals surface area contributed by atoms with Gasteiger partial charge in [-0.05, 0) is 9.91 Å². The highest BCUT2D eigenvalue weighted by molar-refractivity contribution is 5.47. The molecule has 15 heavy (non-hydrogen) atoms. The molecule has 0 aliphatic heterocycles. The normalized spacial score (nSPS) is 10.4. The second kappa shape index (κ2) is 4.03. The smallest absolute Gasteiger partial charge is 0.367 e. The van der Waals surface area contributed by atoms with Crippen LogP contribution in [0.25, 0.3) is 0 Å². The van der Waals surface area contributed by atoms with Crippen molar-refractivity contribution in [3.8, 4) is 11.5 Å². The zero-order valence-electron chi connectivity index (χ0n) is 7.48. The number of aromatic nitrogens is 1. The van der Waals surface area contributed by atoms with Gasteiger partial charge in [0, 0.05) is 0 Å². The van der Waals surface area contributed by atoms with Gasteiger partial charge in [-0.25, -0.2) is 8.78 Å². The van der Waals surface area contributed by atoms with Crippen LogP contribution in [0.15, 0.2) is 6.07 Å². The Morgan fingerprint density at radius 1 is 1.67 bits per heavy atom. The Bertz CT molecular complexity index is 397. The topological polar surface area (TPSA) is 85.5 Å². The summed E-state index contributed by atoms with van der Waals surface area (Å²) in [4.78, 5) is 12.4. The van der Waals surface area contributed by atoms with Gasteiger partial charge in [-0.15, -0.1) is 0 Å². The van der Waals surface area contributed by atoms with Crippen molar-refractivity contribution in [2.75, 3.05) is 7.11 Å². The molecule has 0 bridgehead atoms. The van der Waals surface area contributed by atoms with Gasteiger partial charge in [0.05, 0.1) is 13.2 Å². The molecule has 0 radical (unpaired) electrons.